The van der Waals surface area contributed by atoms with E-state index >= 15 is 0 Å². The molecule has 0 aromatic heterocycles. The van der Waals surface area contributed by atoms with Crippen LogP contribution >= 0.6 is 0 Å². The van der Waals surface area contributed by atoms with Gasteiger partial charge >= 0.3 is 0 Å². The Morgan fingerprint density at radius 1 is 1.41 bits per heavy atom. The molecule has 2 heteroatoms. The Morgan fingerprint density at radius 3 is 2.71 bits per heavy atom. The van der Waals surface area contributed by atoms with Crippen LogP contribution in [0.4, 0.5) is 0 Å². The molecule has 0 heterocycles. The first-order chi connectivity index (χ1) is 8.02. The van der Waals surface area contributed by atoms with Crippen LogP contribution in [0.1, 0.15) is 45.3 Å². The summed E-state index contributed by atoms with van der Waals surface area (Å²) in [5, 5.41) is 10.1. The Balaban J connectivity index is 2.73. The van der Waals surface area contributed by atoms with Gasteiger partial charge in [-0.15, -0.1) is 0 Å². The Hall–Kier alpha value is -1.28. The molecule has 0 aliphatic heterocycles. The number of rotatable bonds is 6. The van der Waals surface area contributed by atoms with Gasteiger partial charge < -0.3 is 9.84 Å². The third kappa shape index (κ3) is 4.61. The molecule has 0 bridgehead atoms. The van der Waals surface area contributed by atoms with Crippen LogP contribution in [0.15, 0.2) is 36.4 Å². The molecule has 17 heavy (non-hydrogen) atoms. The average Bonchev–Trinajstić information content (AvgIpc) is 2.28. The molecule has 1 rings (SSSR count). The lowest BCUT2D eigenvalue weighted by Crippen LogP contribution is -2.06. The van der Waals surface area contributed by atoms with E-state index in [0.29, 0.717) is 6.42 Å². The largest absolute Gasteiger partial charge is 0.491 e. The van der Waals surface area contributed by atoms with Crippen LogP contribution in [-0.2, 0) is 0 Å². The molecule has 2 nitrogen and oxygen atoms in total. The minimum Gasteiger partial charge on any atom is -0.491 e. The Bertz CT molecular complexity index is 369. The smallest absolute Gasteiger partial charge is 0.120 e. The number of hydrogen-bond donors (Lipinski definition) is 1. The third-order valence-electron chi connectivity index (χ3n) is 2.60. The summed E-state index contributed by atoms with van der Waals surface area (Å²) in [5.41, 5.74) is 1.95. The molecule has 1 N–H and O–H groups in total. The summed E-state index contributed by atoms with van der Waals surface area (Å²) in [4.78, 5) is 0. The van der Waals surface area contributed by atoms with E-state index in [1.807, 2.05) is 45.0 Å². The average molecular weight is 234 g/mol. The summed E-state index contributed by atoms with van der Waals surface area (Å²) >= 11 is 0. The van der Waals surface area contributed by atoms with Gasteiger partial charge in [-0.1, -0.05) is 31.2 Å². The zero-order chi connectivity index (χ0) is 12.8. The van der Waals surface area contributed by atoms with E-state index < -0.39 is 6.10 Å². The summed E-state index contributed by atoms with van der Waals surface area (Å²) in [6.45, 7) is 9.94. The van der Waals surface area contributed by atoms with Gasteiger partial charge in [0.2, 0.25) is 0 Å². The van der Waals surface area contributed by atoms with Crippen molar-refractivity contribution in [3.05, 3.63) is 42.0 Å². The van der Waals surface area contributed by atoms with Gasteiger partial charge in [0.1, 0.15) is 5.75 Å². The topological polar surface area (TPSA) is 29.5 Å². The van der Waals surface area contributed by atoms with Crippen molar-refractivity contribution >= 4 is 0 Å². The second-order valence-electron chi connectivity index (χ2n) is 4.56. The molecular weight excluding hydrogens is 212 g/mol. The SMILES string of the molecule is C=C(CC)CC(O)c1cccc(OC(C)C)c1. The van der Waals surface area contributed by atoms with Crippen molar-refractivity contribution < 1.29 is 9.84 Å². The van der Waals surface area contributed by atoms with Crippen molar-refractivity contribution in [3.8, 4) is 5.75 Å². The standard InChI is InChI=1S/C15H22O2/c1-5-12(4)9-15(16)13-7-6-8-14(10-13)17-11(2)3/h6-8,10-11,15-16H,4-5,9H2,1-3H3. The molecule has 0 saturated heterocycles. The van der Waals surface area contributed by atoms with E-state index in [0.717, 1.165) is 23.3 Å². The minimum atomic E-state index is -0.488. The molecule has 0 saturated carbocycles. The molecule has 0 radical (unpaired) electrons. The van der Waals surface area contributed by atoms with Crippen LogP contribution in [0.3, 0.4) is 0 Å². The summed E-state index contributed by atoms with van der Waals surface area (Å²) in [5.74, 6) is 0.804. The molecule has 0 aliphatic rings. The Kier molecular flexibility index (Phi) is 5.23. The molecule has 0 fully saturated rings. The monoisotopic (exact) mass is 234 g/mol. The van der Waals surface area contributed by atoms with Crippen LogP contribution in [-0.4, -0.2) is 11.2 Å². The van der Waals surface area contributed by atoms with Crippen molar-refractivity contribution in [1.82, 2.24) is 0 Å². The first-order valence-corrected chi connectivity index (χ1v) is 6.14. The summed E-state index contributed by atoms with van der Waals surface area (Å²) in [7, 11) is 0. The van der Waals surface area contributed by atoms with E-state index in [1.54, 1.807) is 0 Å². The second-order valence-corrected chi connectivity index (χ2v) is 4.56. The number of hydrogen-bond acceptors (Lipinski definition) is 2. The van der Waals surface area contributed by atoms with Crippen LogP contribution in [0, 0.1) is 0 Å². The fourth-order valence-corrected chi connectivity index (χ4v) is 1.60. The molecular formula is C15H22O2. The van der Waals surface area contributed by atoms with Gasteiger partial charge in [-0.05, 0) is 44.4 Å². The van der Waals surface area contributed by atoms with E-state index in [4.69, 9.17) is 4.74 Å². The maximum absolute atomic E-state index is 10.1. The molecule has 94 valence electrons. The fourth-order valence-electron chi connectivity index (χ4n) is 1.60. The zero-order valence-corrected chi connectivity index (χ0v) is 10.9. The fraction of sp³-hybridized carbons (Fsp3) is 0.467. The lowest BCUT2D eigenvalue weighted by molar-refractivity contribution is 0.176. The molecule has 1 unspecified atom stereocenters. The highest BCUT2D eigenvalue weighted by molar-refractivity contribution is 5.30. The Morgan fingerprint density at radius 2 is 2.12 bits per heavy atom. The molecule has 1 aromatic rings. The second kappa shape index (κ2) is 6.45. The van der Waals surface area contributed by atoms with Gasteiger partial charge in [0.15, 0.2) is 0 Å². The normalized spacial score (nSPS) is 12.5. The van der Waals surface area contributed by atoms with Gasteiger partial charge in [-0.25, -0.2) is 0 Å². The number of aliphatic hydroxyl groups excluding tert-OH is 1. The highest BCUT2D eigenvalue weighted by atomic mass is 16.5. The van der Waals surface area contributed by atoms with Crippen molar-refractivity contribution in [2.75, 3.05) is 0 Å². The molecule has 1 atom stereocenters. The highest BCUT2D eigenvalue weighted by Gasteiger charge is 2.09. The Labute approximate surface area is 104 Å². The third-order valence-corrected chi connectivity index (χ3v) is 2.60. The minimum absolute atomic E-state index is 0.146. The first-order valence-electron chi connectivity index (χ1n) is 6.14. The van der Waals surface area contributed by atoms with Crippen molar-refractivity contribution in [1.29, 1.82) is 0 Å². The van der Waals surface area contributed by atoms with Gasteiger partial charge in [0, 0.05) is 0 Å². The first kappa shape index (κ1) is 13.8. The number of benzene rings is 1. The predicted molar refractivity (Wildman–Crippen MR) is 71.2 cm³/mol. The zero-order valence-electron chi connectivity index (χ0n) is 10.9. The number of ether oxygens (including phenoxy) is 1. The van der Waals surface area contributed by atoms with E-state index in [2.05, 4.69) is 6.58 Å². The molecule has 0 spiro atoms. The van der Waals surface area contributed by atoms with Crippen LogP contribution in [0.2, 0.25) is 0 Å². The van der Waals surface area contributed by atoms with Crippen molar-refractivity contribution in [2.24, 2.45) is 0 Å². The summed E-state index contributed by atoms with van der Waals surface area (Å²) in [6, 6.07) is 7.63. The highest BCUT2D eigenvalue weighted by Crippen LogP contribution is 2.25. The summed E-state index contributed by atoms with van der Waals surface area (Å²) < 4.78 is 5.60. The van der Waals surface area contributed by atoms with E-state index in [1.165, 1.54) is 0 Å². The molecule has 0 aliphatic carbocycles. The maximum Gasteiger partial charge on any atom is 0.120 e. The van der Waals surface area contributed by atoms with Gasteiger partial charge in [-0.2, -0.15) is 0 Å². The van der Waals surface area contributed by atoms with Gasteiger partial charge in [0.05, 0.1) is 12.2 Å². The quantitative estimate of drug-likeness (QED) is 0.757. The molecule has 0 amide bonds. The maximum atomic E-state index is 10.1. The van der Waals surface area contributed by atoms with Gasteiger partial charge in [0.25, 0.3) is 0 Å². The predicted octanol–water partition coefficient (Wildman–Crippen LogP) is 3.86. The van der Waals surface area contributed by atoms with Crippen molar-refractivity contribution in [3.63, 3.8) is 0 Å². The lowest BCUT2D eigenvalue weighted by Gasteiger charge is -2.15. The van der Waals surface area contributed by atoms with Crippen molar-refractivity contribution in [2.45, 2.75) is 45.8 Å². The van der Waals surface area contributed by atoms with Gasteiger partial charge in [-0.3, -0.25) is 0 Å². The van der Waals surface area contributed by atoms with E-state index in [-0.39, 0.29) is 6.10 Å². The summed E-state index contributed by atoms with van der Waals surface area (Å²) in [6.07, 6.45) is 1.17. The molecule has 1 aromatic carbocycles. The number of aliphatic hydroxyl groups is 1. The van der Waals surface area contributed by atoms with Crippen LogP contribution < -0.4 is 4.74 Å². The lowest BCUT2D eigenvalue weighted by atomic mass is 10.0. The van der Waals surface area contributed by atoms with Crippen LogP contribution in [0.5, 0.6) is 5.75 Å². The van der Waals surface area contributed by atoms with Crippen LogP contribution in [0.25, 0.3) is 0 Å². The van der Waals surface area contributed by atoms with E-state index in [9.17, 15) is 5.11 Å².